The van der Waals surface area contributed by atoms with E-state index in [1.54, 1.807) is 11.8 Å². The Morgan fingerprint density at radius 3 is 2.90 bits per heavy atom. The Labute approximate surface area is 124 Å². The molecule has 7 nitrogen and oxygen atoms in total. The van der Waals surface area contributed by atoms with Gasteiger partial charge in [0.2, 0.25) is 0 Å². The van der Waals surface area contributed by atoms with Crippen LogP contribution in [0.2, 0.25) is 0 Å². The number of amides is 2. The number of carboxylic acid groups (broad SMARTS) is 1. The van der Waals surface area contributed by atoms with Gasteiger partial charge in [0.05, 0.1) is 18.1 Å². The average Bonchev–Trinajstić information content (AvgIpc) is 2.85. The van der Waals surface area contributed by atoms with E-state index in [2.05, 4.69) is 5.32 Å². The van der Waals surface area contributed by atoms with Crippen LogP contribution in [-0.4, -0.2) is 67.1 Å². The number of carboxylic acids is 1. The van der Waals surface area contributed by atoms with Crippen LogP contribution in [0, 0.1) is 5.41 Å². The Morgan fingerprint density at radius 2 is 2.29 bits per heavy atom. The van der Waals surface area contributed by atoms with Crippen LogP contribution in [0.25, 0.3) is 0 Å². The zero-order valence-corrected chi connectivity index (χ0v) is 12.6. The number of nitrogens with one attached hydrogen (secondary N) is 1. The second-order valence-electron chi connectivity index (χ2n) is 5.95. The predicted octanol–water partition coefficient (Wildman–Crippen LogP) is 0.687. The molecule has 0 aromatic heterocycles. The van der Waals surface area contributed by atoms with Gasteiger partial charge in [-0.2, -0.15) is 0 Å². The van der Waals surface area contributed by atoms with Gasteiger partial charge in [-0.3, -0.25) is 4.79 Å². The van der Waals surface area contributed by atoms with Crippen LogP contribution < -0.4 is 5.32 Å². The summed E-state index contributed by atoms with van der Waals surface area (Å²) in [7, 11) is 0. The van der Waals surface area contributed by atoms with E-state index >= 15 is 0 Å². The lowest BCUT2D eigenvalue weighted by atomic mass is 9.90. The van der Waals surface area contributed by atoms with Crippen molar-refractivity contribution in [2.24, 2.45) is 5.41 Å². The van der Waals surface area contributed by atoms with Crippen molar-refractivity contribution in [3.8, 4) is 0 Å². The Balaban J connectivity index is 1.90. The van der Waals surface area contributed by atoms with E-state index in [4.69, 9.17) is 9.47 Å². The van der Waals surface area contributed by atoms with Crippen molar-refractivity contribution < 1.29 is 24.2 Å². The number of aliphatic carboxylic acids is 1. The summed E-state index contributed by atoms with van der Waals surface area (Å²) in [6.45, 7) is 5.95. The molecule has 2 amide bonds. The summed E-state index contributed by atoms with van der Waals surface area (Å²) in [6.07, 6.45) is 1.06. The summed E-state index contributed by atoms with van der Waals surface area (Å²) in [6, 6.07) is -0.292. The second kappa shape index (κ2) is 6.62. The van der Waals surface area contributed by atoms with Crippen LogP contribution in [0.3, 0.4) is 0 Å². The zero-order chi connectivity index (χ0) is 15.5. The molecule has 2 rings (SSSR count). The molecule has 2 saturated heterocycles. The number of hydrogen-bond donors (Lipinski definition) is 2. The number of carbonyl (C=O) groups excluding carboxylic acids is 1. The highest BCUT2D eigenvalue weighted by molar-refractivity contribution is 5.79. The number of urea groups is 1. The molecule has 0 aliphatic carbocycles. The van der Waals surface area contributed by atoms with Gasteiger partial charge >= 0.3 is 12.0 Å². The van der Waals surface area contributed by atoms with Crippen LogP contribution in [0.5, 0.6) is 0 Å². The fraction of sp³-hybridized carbons (Fsp3) is 0.857. The minimum absolute atomic E-state index is 0.0807. The molecule has 0 spiro atoms. The van der Waals surface area contributed by atoms with E-state index < -0.39 is 11.4 Å². The molecule has 0 aromatic carbocycles. The lowest BCUT2D eigenvalue weighted by molar-refractivity contribution is -0.147. The number of hydrogen-bond acceptors (Lipinski definition) is 4. The van der Waals surface area contributed by atoms with Crippen molar-refractivity contribution in [3.63, 3.8) is 0 Å². The fourth-order valence-electron chi connectivity index (χ4n) is 2.81. The van der Waals surface area contributed by atoms with E-state index in [0.29, 0.717) is 39.2 Å². The Morgan fingerprint density at radius 1 is 1.52 bits per heavy atom. The molecule has 0 radical (unpaired) electrons. The molecular weight excluding hydrogens is 276 g/mol. The topological polar surface area (TPSA) is 88.1 Å². The molecule has 7 heteroatoms. The average molecular weight is 300 g/mol. The SMILES string of the molecule is CCOC1COCCC1NC(=O)N1CCC(C)(C(=O)O)C1. The summed E-state index contributed by atoms with van der Waals surface area (Å²) in [4.78, 5) is 25.1. The summed E-state index contributed by atoms with van der Waals surface area (Å²) >= 11 is 0. The minimum Gasteiger partial charge on any atom is -0.481 e. The minimum atomic E-state index is -0.851. The van der Waals surface area contributed by atoms with Gasteiger partial charge in [-0.05, 0) is 26.7 Å². The molecule has 120 valence electrons. The number of ether oxygens (including phenoxy) is 2. The maximum absolute atomic E-state index is 12.3. The van der Waals surface area contributed by atoms with Crippen LogP contribution >= 0.6 is 0 Å². The van der Waals surface area contributed by atoms with Gasteiger partial charge in [-0.15, -0.1) is 0 Å². The first-order valence-corrected chi connectivity index (χ1v) is 7.44. The van der Waals surface area contributed by atoms with Gasteiger partial charge < -0.3 is 24.8 Å². The lowest BCUT2D eigenvalue weighted by Gasteiger charge is -2.33. The van der Waals surface area contributed by atoms with Gasteiger partial charge in [0.25, 0.3) is 0 Å². The maximum Gasteiger partial charge on any atom is 0.317 e. The third kappa shape index (κ3) is 3.65. The quantitative estimate of drug-likeness (QED) is 0.797. The maximum atomic E-state index is 12.3. The van der Waals surface area contributed by atoms with Crippen LogP contribution in [0.15, 0.2) is 0 Å². The molecule has 3 unspecified atom stereocenters. The highest BCUT2D eigenvalue weighted by Gasteiger charge is 2.42. The molecular formula is C14H24N2O5. The molecule has 2 aliphatic heterocycles. The molecule has 2 aliphatic rings. The summed E-state index contributed by atoms with van der Waals surface area (Å²) in [5.41, 5.74) is -0.841. The largest absolute Gasteiger partial charge is 0.481 e. The Kier molecular flexibility index (Phi) is 5.05. The van der Waals surface area contributed by atoms with Crippen LogP contribution in [0.1, 0.15) is 26.7 Å². The zero-order valence-electron chi connectivity index (χ0n) is 12.6. The summed E-state index contributed by atoms with van der Waals surface area (Å²) in [5.74, 6) is -0.851. The summed E-state index contributed by atoms with van der Waals surface area (Å²) in [5, 5.41) is 12.2. The van der Waals surface area contributed by atoms with Crippen molar-refractivity contribution in [2.45, 2.75) is 38.8 Å². The second-order valence-corrected chi connectivity index (χ2v) is 5.95. The number of nitrogens with zero attached hydrogens (tertiary/aromatic N) is 1. The first kappa shape index (κ1) is 16.0. The number of likely N-dealkylation sites (tertiary alicyclic amines) is 1. The van der Waals surface area contributed by atoms with Crippen molar-refractivity contribution in [1.82, 2.24) is 10.2 Å². The van der Waals surface area contributed by atoms with Gasteiger partial charge in [0.1, 0.15) is 6.10 Å². The van der Waals surface area contributed by atoms with Crippen LogP contribution in [-0.2, 0) is 14.3 Å². The first-order valence-electron chi connectivity index (χ1n) is 7.44. The molecule has 3 atom stereocenters. The van der Waals surface area contributed by atoms with Crippen molar-refractivity contribution in [3.05, 3.63) is 0 Å². The molecule has 0 bridgehead atoms. The molecule has 21 heavy (non-hydrogen) atoms. The standard InChI is InChI=1S/C14H24N2O5/c1-3-21-11-8-20-7-4-10(11)15-13(19)16-6-5-14(2,9-16)12(17)18/h10-11H,3-9H2,1-2H3,(H,15,19)(H,17,18). The van der Waals surface area contributed by atoms with Gasteiger partial charge in [-0.25, -0.2) is 4.79 Å². The third-order valence-corrected chi connectivity index (χ3v) is 4.27. The molecule has 0 saturated carbocycles. The van der Waals surface area contributed by atoms with E-state index in [0.717, 1.165) is 0 Å². The smallest absolute Gasteiger partial charge is 0.317 e. The fourth-order valence-corrected chi connectivity index (χ4v) is 2.81. The van der Waals surface area contributed by atoms with Gasteiger partial charge in [0, 0.05) is 26.3 Å². The molecule has 2 N–H and O–H groups in total. The molecule has 2 fully saturated rings. The van der Waals surface area contributed by atoms with Gasteiger partial charge in [-0.1, -0.05) is 0 Å². The third-order valence-electron chi connectivity index (χ3n) is 4.27. The summed E-state index contributed by atoms with van der Waals surface area (Å²) < 4.78 is 11.0. The van der Waals surface area contributed by atoms with Gasteiger partial charge in [0.15, 0.2) is 0 Å². The van der Waals surface area contributed by atoms with Crippen molar-refractivity contribution >= 4 is 12.0 Å². The lowest BCUT2D eigenvalue weighted by Crippen LogP contribution is -2.53. The highest BCUT2D eigenvalue weighted by Crippen LogP contribution is 2.30. The van der Waals surface area contributed by atoms with E-state index in [1.807, 2.05) is 6.92 Å². The predicted molar refractivity (Wildman–Crippen MR) is 75.1 cm³/mol. The highest BCUT2D eigenvalue weighted by atomic mass is 16.5. The van der Waals surface area contributed by atoms with Crippen molar-refractivity contribution in [2.75, 3.05) is 32.9 Å². The Hall–Kier alpha value is -1.34. The normalized spacial score (nSPS) is 33.0. The number of carbonyl (C=O) groups is 2. The monoisotopic (exact) mass is 300 g/mol. The number of rotatable bonds is 4. The van der Waals surface area contributed by atoms with Crippen molar-refractivity contribution in [1.29, 1.82) is 0 Å². The first-order chi connectivity index (χ1) is 9.96. The van der Waals surface area contributed by atoms with E-state index in [1.165, 1.54) is 0 Å². The van der Waals surface area contributed by atoms with E-state index in [9.17, 15) is 14.7 Å². The molecule has 2 heterocycles. The molecule has 0 aromatic rings. The van der Waals surface area contributed by atoms with E-state index in [-0.39, 0.29) is 24.7 Å². The van der Waals surface area contributed by atoms with Crippen LogP contribution in [0.4, 0.5) is 4.79 Å². The Bertz CT molecular complexity index is 401.